The molecule has 1 unspecified atom stereocenters. The van der Waals surface area contributed by atoms with Crippen molar-refractivity contribution in [1.82, 2.24) is 10.6 Å². The van der Waals surface area contributed by atoms with Crippen molar-refractivity contribution in [2.45, 2.75) is 25.6 Å². The largest absolute Gasteiger partial charge is 0.489 e. The molecule has 0 aromatic heterocycles. The van der Waals surface area contributed by atoms with E-state index < -0.39 is 9.84 Å². The zero-order valence-electron chi connectivity index (χ0n) is 15.4. The van der Waals surface area contributed by atoms with Crippen molar-refractivity contribution in [3.63, 3.8) is 0 Å². The summed E-state index contributed by atoms with van der Waals surface area (Å²) in [6.45, 7) is 1.10. The van der Waals surface area contributed by atoms with Gasteiger partial charge in [0, 0.05) is 19.6 Å². The standard InChI is InChI=1S/C20H25N3O3S/c1-21-20(23-18-10-11-27(24,25)15-18)22-13-16-6-5-7-17(12-16)14-26-19-8-3-2-4-9-19/h2-9,12,18H,10-11,13-15H2,1H3,(H2,21,22,23). The maximum absolute atomic E-state index is 11.6. The Labute approximate surface area is 160 Å². The Balaban J connectivity index is 1.51. The summed E-state index contributed by atoms with van der Waals surface area (Å²) in [6.07, 6.45) is 0.620. The van der Waals surface area contributed by atoms with E-state index in [9.17, 15) is 8.42 Å². The molecule has 144 valence electrons. The van der Waals surface area contributed by atoms with Gasteiger partial charge in [-0.25, -0.2) is 8.42 Å². The summed E-state index contributed by atoms with van der Waals surface area (Å²) >= 11 is 0. The van der Waals surface area contributed by atoms with Crippen LogP contribution in [0.1, 0.15) is 17.5 Å². The average molecular weight is 388 g/mol. The summed E-state index contributed by atoms with van der Waals surface area (Å²) in [5.41, 5.74) is 2.19. The third kappa shape index (κ3) is 5.99. The number of sulfone groups is 1. The second-order valence-corrected chi connectivity index (χ2v) is 8.82. The van der Waals surface area contributed by atoms with Crippen molar-refractivity contribution in [3.05, 3.63) is 65.7 Å². The molecule has 1 aliphatic rings. The van der Waals surface area contributed by atoms with Crippen LogP contribution in [0.4, 0.5) is 0 Å². The molecule has 1 fully saturated rings. The minimum absolute atomic E-state index is 0.0770. The lowest BCUT2D eigenvalue weighted by Gasteiger charge is -2.16. The molecule has 27 heavy (non-hydrogen) atoms. The van der Waals surface area contributed by atoms with Crippen molar-refractivity contribution < 1.29 is 13.2 Å². The summed E-state index contributed by atoms with van der Waals surface area (Å²) in [4.78, 5) is 4.19. The van der Waals surface area contributed by atoms with Crippen LogP contribution in [0.2, 0.25) is 0 Å². The second-order valence-electron chi connectivity index (χ2n) is 6.59. The molecule has 0 amide bonds. The predicted octanol–water partition coefficient (Wildman–Crippen LogP) is 2.12. The molecule has 6 nitrogen and oxygen atoms in total. The quantitative estimate of drug-likeness (QED) is 0.586. The van der Waals surface area contributed by atoms with Crippen LogP contribution in [-0.4, -0.2) is 39.0 Å². The Morgan fingerprint density at radius 2 is 1.93 bits per heavy atom. The summed E-state index contributed by atoms with van der Waals surface area (Å²) in [5.74, 6) is 1.87. The number of rotatable bonds is 6. The Morgan fingerprint density at radius 1 is 1.15 bits per heavy atom. The lowest BCUT2D eigenvalue weighted by atomic mass is 10.1. The lowest BCUT2D eigenvalue weighted by molar-refractivity contribution is 0.306. The molecule has 0 spiro atoms. The third-order valence-electron chi connectivity index (χ3n) is 4.40. The van der Waals surface area contributed by atoms with E-state index in [1.165, 1.54) is 0 Å². The zero-order chi connectivity index (χ0) is 19.1. The van der Waals surface area contributed by atoms with Gasteiger partial charge in [-0.1, -0.05) is 42.5 Å². The van der Waals surface area contributed by atoms with Crippen LogP contribution in [0.25, 0.3) is 0 Å². The monoisotopic (exact) mass is 387 g/mol. The minimum atomic E-state index is -2.91. The van der Waals surface area contributed by atoms with Crippen molar-refractivity contribution >= 4 is 15.8 Å². The molecular weight excluding hydrogens is 362 g/mol. The first kappa shape index (κ1) is 19.2. The van der Waals surface area contributed by atoms with Crippen LogP contribution in [0.5, 0.6) is 5.75 Å². The first-order chi connectivity index (χ1) is 13.0. The first-order valence-corrected chi connectivity index (χ1v) is 10.8. The Hall–Kier alpha value is -2.54. The SMILES string of the molecule is CN=C(NCc1cccc(COc2ccccc2)c1)NC1CCS(=O)(=O)C1. The maximum atomic E-state index is 11.6. The summed E-state index contributed by atoms with van der Waals surface area (Å²) in [6, 6.07) is 17.8. The smallest absolute Gasteiger partial charge is 0.191 e. The van der Waals surface area contributed by atoms with Gasteiger partial charge in [0.2, 0.25) is 0 Å². The maximum Gasteiger partial charge on any atom is 0.191 e. The van der Waals surface area contributed by atoms with E-state index in [1.54, 1.807) is 7.05 Å². The number of hydrogen-bond donors (Lipinski definition) is 2. The van der Waals surface area contributed by atoms with Gasteiger partial charge in [0.15, 0.2) is 15.8 Å². The number of para-hydroxylation sites is 1. The molecule has 0 bridgehead atoms. The molecular formula is C20H25N3O3S. The zero-order valence-corrected chi connectivity index (χ0v) is 16.2. The van der Waals surface area contributed by atoms with Gasteiger partial charge in [0.25, 0.3) is 0 Å². The minimum Gasteiger partial charge on any atom is -0.489 e. The normalized spacial score (nSPS) is 18.9. The fourth-order valence-electron chi connectivity index (χ4n) is 3.00. The summed E-state index contributed by atoms with van der Waals surface area (Å²) in [5, 5.41) is 6.43. The van der Waals surface area contributed by atoms with E-state index in [-0.39, 0.29) is 17.5 Å². The van der Waals surface area contributed by atoms with Crippen LogP contribution < -0.4 is 15.4 Å². The van der Waals surface area contributed by atoms with Gasteiger partial charge in [-0.2, -0.15) is 0 Å². The molecule has 1 atom stereocenters. The highest BCUT2D eigenvalue weighted by Crippen LogP contribution is 2.13. The van der Waals surface area contributed by atoms with E-state index in [1.807, 2.05) is 48.5 Å². The lowest BCUT2D eigenvalue weighted by Crippen LogP contribution is -2.43. The number of benzene rings is 2. The van der Waals surface area contributed by atoms with Gasteiger partial charge in [-0.05, 0) is 29.7 Å². The molecule has 1 heterocycles. The Kier molecular flexibility index (Phi) is 6.34. The van der Waals surface area contributed by atoms with Crippen LogP contribution in [0.3, 0.4) is 0 Å². The predicted molar refractivity (Wildman–Crippen MR) is 108 cm³/mol. The third-order valence-corrected chi connectivity index (χ3v) is 6.16. The first-order valence-electron chi connectivity index (χ1n) is 8.97. The van der Waals surface area contributed by atoms with Crippen LogP contribution in [-0.2, 0) is 23.0 Å². The van der Waals surface area contributed by atoms with E-state index >= 15 is 0 Å². The fourth-order valence-corrected chi connectivity index (χ4v) is 4.67. The average Bonchev–Trinajstić information content (AvgIpc) is 3.03. The van der Waals surface area contributed by atoms with Crippen LogP contribution in [0, 0.1) is 0 Å². The van der Waals surface area contributed by atoms with Gasteiger partial charge in [-0.3, -0.25) is 4.99 Å². The molecule has 1 aliphatic heterocycles. The van der Waals surface area contributed by atoms with Gasteiger partial charge in [0.05, 0.1) is 11.5 Å². The van der Waals surface area contributed by atoms with Crippen molar-refractivity contribution in [1.29, 1.82) is 0 Å². The van der Waals surface area contributed by atoms with Gasteiger partial charge >= 0.3 is 0 Å². The van der Waals surface area contributed by atoms with E-state index in [4.69, 9.17) is 4.74 Å². The molecule has 1 saturated heterocycles. The highest BCUT2D eigenvalue weighted by molar-refractivity contribution is 7.91. The Bertz CT molecular complexity index is 882. The molecule has 0 saturated carbocycles. The number of guanidine groups is 1. The van der Waals surface area contributed by atoms with Crippen LogP contribution >= 0.6 is 0 Å². The highest BCUT2D eigenvalue weighted by atomic mass is 32.2. The highest BCUT2D eigenvalue weighted by Gasteiger charge is 2.28. The molecule has 2 aromatic carbocycles. The van der Waals surface area contributed by atoms with Crippen LogP contribution in [0.15, 0.2) is 59.6 Å². The molecule has 0 aliphatic carbocycles. The van der Waals surface area contributed by atoms with E-state index in [0.29, 0.717) is 25.5 Å². The van der Waals surface area contributed by atoms with E-state index in [0.717, 1.165) is 16.9 Å². The number of nitrogens with zero attached hydrogens (tertiary/aromatic N) is 1. The van der Waals surface area contributed by atoms with Crippen molar-refractivity contribution in [2.24, 2.45) is 4.99 Å². The second kappa shape index (κ2) is 8.90. The summed E-state index contributed by atoms with van der Waals surface area (Å²) < 4.78 is 28.9. The van der Waals surface area contributed by atoms with Crippen molar-refractivity contribution in [3.8, 4) is 5.75 Å². The number of hydrogen-bond acceptors (Lipinski definition) is 4. The molecule has 2 aromatic rings. The molecule has 2 N–H and O–H groups in total. The topological polar surface area (TPSA) is 79.8 Å². The van der Waals surface area contributed by atoms with Gasteiger partial charge in [-0.15, -0.1) is 0 Å². The number of aliphatic imine (C=N–C) groups is 1. The number of ether oxygens (including phenoxy) is 1. The molecule has 3 rings (SSSR count). The molecule has 7 heteroatoms. The Morgan fingerprint density at radius 3 is 2.63 bits per heavy atom. The van der Waals surface area contributed by atoms with Gasteiger partial charge in [0.1, 0.15) is 12.4 Å². The molecule has 0 radical (unpaired) electrons. The van der Waals surface area contributed by atoms with Gasteiger partial charge < -0.3 is 15.4 Å². The number of nitrogens with one attached hydrogen (secondary N) is 2. The summed E-state index contributed by atoms with van der Waals surface area (Å²) in [7, 11) is -1.23. The van der Waals surface area contributed by atoms with Crippen molar-refractivity contribution in [2.75, 3.05) is 18.6 Å². The fraction of sp³-hybridized carbons (Fsp3) is 0.350. The van der Waals surface area contributed by atoms with E-state index in [2.05, 4.69) is 21.7 Å².